The standard InChI is InChI=1S/C13H15F2N3O/c14-12(15)7-18-13(19)10(16)5-8-6-17-11-4-2-1-3-9(8)11/h1-4,6,10,12,17H,5,7,16H2,(H,18,19)/t10-/m1/s1. The summed E-state index contributed by atoms with van der Waals surface area (Å²) in [4.78, 5) is 14.6. The van der Waals surface area contributed by atoms with Gasteiger partial charge in [0.2, 0.25) is 5.91 Å². The highest BCUT2D eigenvalue weighted by Gasteiger charge is 2.17. The highest BCUT2D eigenvalue weighted by molar-refractivity contribution is 5.86. The van der Waals surface area contributed by atoms with E-state index in [1.807, 2.05) is 24.3 Å². The van der Waals surface area contributed by atoms with Crippen LogP contribution in [0, 0.1) is 0 Å². The van der Waals surface area contributed by atoms with Crippen LogP contribution in [-0.4, -0.2) is 29.9 Å². The van der Waals surface area contributed by atoms with Crippen molar-refractivity contribution in [3.05, 3.63) is 36.0 Å². The van der Waals surface area contributed by atoms with Crippen LogP contribution < -0.4 is 11.1 Å². The van der Waals surface area contributed by atoms with E-state index in [2.05, 4.69) is 10.3 Å². The minimum absolute atomic E-state index is 0.305. The zero-order chi connectivity index (χ0) is 13.8. The van der Waals surface area contributed by atoms with Gasteiger partial charge in [-0.2, -0.15) is 0 Å². The molecule has 1 aromatic heterocycles. The number of para-hydroxylation sites is 1. The monoisotopic (exact) mass is 267 g/mol. The van der Waals surface area contributed by atoms with Gasteiger partial charge in [-0.25, -0.2) is 8.78 Å². The Morgan fingerprint density at radius 1 is 1.37 bits per heavy atom. The minimum Gasteiger partial charge on any atom is -0.361 e. The van der Waals surface area contributed by atoms with Gasteiger partial charge in [-0.15, -0.1) is 0 Å². The number of rotatable bonds is 5. The number of amides is 1. The highest BCUT2D eigenvalue weighted by Crippen LogP contribution is 2.18. The molecule has 0 saturated carbocycles. The quantitative estimate of drug-likeness (QED) is 0.766. The van der Waals surface area contributed by atoms with Crippen molar-refractivity contribution >= 4 is 16.8 Å². The third kappa shape index (κ3) is 3.29. The van der Waals surface area contributed by atoms with Crippen LogP contribution in [-0.2, 0) is 11.2 Å². The second kappa shape index (κ2) is 5.79. The molecule has 0 radical (unpaired) electrons. The van der Waals surface area contributed by atoms with E-state index in [9.17, 15) is 13.6 Å². The van der Waals surface area contributed by atoms with Gasteiger partial charge in [0.1, 0.15) is 0 Å². The summed E-state index contributed by atoms with van der Waals surface area (Å²) in [6.45, 7) is -0.666. The number of aromatic amines is 1. The Kier molecular flexibility index (Phi) is 4.11. The normalized spacial score (nSPS) is 12.8. The third-order valence-electron chi connectivity index (χ3n) is 2.88. The topological polar surface area (TPSA) is 70.9 Å². The third-order valence-corrected chi connectivity index (χ3v) is 2.88. The van der Waals surface area contributed by atoms with Gasteiger partial charge in [0, 0.05) is 17.1 Å². The Morgan fingerprint density at radius 3 is 2.84 bits per heavy atom. The van der Waals surface area contributed by atoms with E-state index in [-0.39, 0.29) is 0 Å². The summed E-state index contributed by atoms with van der Waals surface area (Å²) in [6.07, 6.45) is -0.478. The maximum atomic E-state index is 12.0. The molecule has 102 valence electrons. The first kappa shape index (κ1) is 13.5. The van der Waals surface area contributed by atoms with E-state index >= 15 is 0 Å². The molecular formula is C13H15F2N3O. The van der Waals surface area contributed by atoms with Crippen molar-refractivity contribution in [2.75, 3.05) is 6.54 Å². The van der Waals surface area contributed by atoms with Crippen molar-refractivity contribution in [1.82, 2.24) is 10.3 Å². The van der Waals surface area contributed by atoms with Gasteiger partial charge >= 0.3 is 0 Å². The first-order valence-corrected chi connectivity index (χ1v) is 5.94. The Balaban J connectivity index is 2.02. The van der Waals surface area contributed by atoms with Crippen LogP contribution in [0.2, 0.25) is 0 Å². The number of halogens is 2. The van der Waals surface area contributed by atoms with Crippen molar-refractivity contribution in [3.8, 4) is 0 Å². The number of benzene rings is 1. The molecule has 0 spiro atoms. The van der Waals surface area contributed by atoms with Crippen molar-refractivity contribution in [1.29, 1.82) is 0 Å². The van der Waals surface area contributed by atoms with Crippen LogP contribution in [0.1, 0.15) is 5.56 Å². The average Bonchev–Trinajstić information content (AvgIpc) is 2.79. The van der Waals surface area contributed by atoms with Crippen LogP contribution in [0.25, 0.3) is 10.9 Å². The number of carbonyl (C=O) groups excluding carboxylic acids is 1. The fraction of sp³-hybridized carbons (Fsp3) is 0.308. The maximum absolute atomic E-state index is 12.0. The number of alkyl halides is 2. The number of nitrogens with one attached hydrogen (secondary N) is 2. The van der Waals surface area contributed by atoms with Gasteiger partial charge in [-0.1, -0.05) is 18.2 Å². The fourth-order valence-electron chi connectivity index (χ4n) is 1.94. The van der Waals surface area contributed by atoms with Crippen LogP contribution in [0.15, 0.2) is 30.5 Å². The lowest BCUT2D eigenvalue weighted by molar-refractivity contribution is -0.122. The van der Waals surface area contributed by atoms with Crippen LogP contribution in [0.3, 0.4) is 0 Å². The summed E-state index contributed by atoms with van der Waals surface area (Å²) in [6, 6.07) is 6.80. The van der Waals surface area contributed by atoms with Crippen LogP contribution in [0.4, 0.5) is 8.78 Å². The van der Waals surface area contributed by atoms with E-state index < -0.39 is 24.9 Å². The largest absolute Gasteiger partial charge is 0.361 e. The number of fused-ring (bicyclic) bond motifs is 1. The van der Waals surface area contributed by atoms with E-state index in [0.717, 1.165) is 16.5 Å². The molecule has 0 bridgehead atoms. The summed E-state index contributed by atoms with van der Waals surface area (Å²) in [7, 11) is 0. The molecule has 0 saturated heterocycles. The highest BCUT2D eigenvalue weighted by atomic mass is 19.3. The predicted molar refractivity (Wildman–Crippen MR) is 69.0 cm³/mol. The summed E-state index contributed by atoms with van der Waals surface area (Å²) in [5, 5.41) is 3.10. The first-order chi connectivity index (χ1) is 9.08. The van der Waals surface area contributed by atoms with Gasteiger partial charge in [-0.3, -0.25) is 4.79 Å². The summed E-state index contributed by atoms with van der Waals surface area (Å²) in [5.74, 6) is -0.564. The molecule has 4 N–H and O–H groups in total. The Hall–Kier alpha value is -1.95. The van der Waals surface area contributed by atoms with Crippen LogP contribution in [0.5, 0.6) is 0 Å². The van der Waals surface area contributed by atoms with Gasteiger partial charge in [0.05, 0.1) is 12.6 Å². The van der Waals surface area contributed by atoms with E-state index in [0.29, 0.717) is 6.42 Å². The molecule has 19 heavy (non-hydrogen) atoms. The molecule has 1 heterocycles. The Morgan fingerprint density at radius 2 is 2.11 bits per heavy atom. The van der Waals surface area contributed by atoms with Crippen molar-refractivity contribution in [2.24, 2.45) is 5.73 Å². The van der Waals surface area contributed by atoms with Gasteiger partial charge in [0.15, 0.2) is 0 Å². The number of carbonyl (C=O) groups is 1. The van der Waals surface area contributed by atoms with Gasteiger partial charge in [-0.05, 0) is 18.1 Å². The molecular weight excluding hydrogens is 252 g/mol. The van der Waals surface area contributed by atoms with Crippen molar-refractivity contribution in [2.45, 2.75) is 18.9 Å². The Bertz CT molecular complexity index is 568. The molecule has 0 unspecified atom stereocenters. The van der Waals surface area contributed by atoms with Gasteiger partial charge in [0.25, 0.3) is 6.43 Å². The zero-order valence-electron chi connectivity index (χ0n) is 10.2. The van der Waals surface area contributed by atoms with E-state index in [1.165, 1.54) is 0 Å². The fourth-order valence-corrected chi connectivity index (χ4v) is 1.94. The lowest BCUT2D eigenvalue weighted by Gasteiger charge is -2.11. The number of nitrogens with two attached hydrogens (primary N) is 1. The number of H-pyrrole nitrogens is 1. The summed E-state index contributed by atoms with van der Waals surface area (Å²) < 4.78 is 24.0. The second-order valence-corrected chi connectivity index (χ2v) is 4.31. The molecule has 0 fully saturated rings. The molecule has 0 aliphatic rings. The molecule has 6 heteroatoms. The number of hydrogen-bond donors (Lipinski definition) is 3. The predicted octanol–water partition coefficient (Wildman–Crippen LogP) is 1.42. The molecule has 2 aromatic rings. The Labute approximate surface area is 109 Å². The van der Waals surface area contributed by atoms with Crippen molar-refractivity contribution in [3.63, 3.8) is 0 Å². The van der Waals surface area contributed by atoms with Crippen molar-refractivity contribution < 1.29 is 13.6 Å². The maximum Gasteiger partial charge on any atom is 0.255 e. The summed E-state index contributed by atoms with van der Waals surface area (Å²) >= 11 is 0. The molecule has 1 atom stereocenters. The second-order valence-electron chi connectivity index (χ2n) is 4.31. The number of aromatic nitrogens is 1. The lowest BCUT2D eigenvalue weighted by atomic mass is 10.1. The smallest absolute Gasteiger partial charge is 0.255 e. The summed E-state index contributed by atoms with van der Waals surface area (Å²) in [5.41, 5.74) is 7.57. The molecule has 0 aliphatic carbocycles. The molecule has 1 aromatic carbocycles. The minimum atomic E-state index is -2.57. The molecule has 4 nitrogen and oxygen atoms in total. The first-order valence-electron chi connectivity index (χ1n) is 5.94. The van der Waals surface area contributed by atoms with Gasteiger partial charge < -0.3 is 16.0 Å². The average molecular weight is 267 g/mol. The zero-order valence-corrected chi connectivity index (χ0v) is 10.2. The molecule has 0 aliphatic heterocycles. The van der Waals surface area contributed by atoms with E-state index in [4.69, 9.17) is 5.73 Å². The van der Waals surface area contributed by atoms with Crippen LogP contribution >= 0.6 is 0 Å². The molecule has 2 rings (SSSR count). The lowest BCUT2D eigenvalue weighted by Crippen LogP contribution is -2.43. The number of hydrogen-bond acceptors (Lipinski definition) is 2. The van der Waals surface area contributed by atoms with E-state index in [1.54, 1.807) is 6.20 Å². The molecule has 1 amide bonds. The SMILES string of the molecule is N[C@H](Cc1c[nH]c2ccccc12)C(=O)NCC(F)F.